The molecule has 0 unspecified atom stereocenters. The van der Waals surface area contributed by atoms with Crippen LogP contribution in [-0.4, -0.2) is 21.0 Å². The average Bonchev–Trinajstić information content (AvgIpc) is 2.38. The zero-order chi connectivity index (χ0) is 14.8. The predicted molar refractivity (Wildman–Crippen MR) is 76.7 cm³/mol. The summed E-state index contributed by atoms with van der Waals surface area (Å²) in [5, 5.41) is 13.0. The molecule has 0 fully saturated rings. The molecule has 6 heteroatoms. The Morgan fingerprint density at radius 3 is 2.75 bits per heavy atom. The lowest BCUT2D eigenvalue weighted by atomic mass is 9.98. The Morgan fingerprint density at radius 1 is 1.35 bits per heavy atom. The number of halogens is 1. The number of aromatic nitrogens is 2. The van der Waals surface area contributed by atoms with E-state index >= 15 is 0 Å². The van der Waals surface area contributed by atoms with E-state index in [4.69, 9.17) is 11.6 Å². The topological polar surface area (TPSA) is 75.1 Å². The first kappa shape index (κ1) is 14.4. The number of nitrogens with one attached hydrogen (secondary N) is 1. The minimum absolute atomic E-state index is 0.242. The van der Waals surface area contributed by atoms with Crippen LogP contribution < -0.4 is 5.32 Å². The van der Waals surface area contributed by atoms with Crippen LogP contribution in [0.1, 0.15) is 29.8 Å². The van der Waals surface area contributed by atoms with Crippen LogP contribution in [0.25, 0.3) is 0 Å². The highest BCUT2D eigenvalue weighted by Gasteiger charge is 2.21. The Labute approximate surface area is 121 Å². The lowest BCUT2D eigenvalue weighted by Crippen LogP contribution is -2.21. The van der Waals surface area contributed by atoms with Crippen molar-refractivity contribution in [2.75, 3.05) is 5.32 Å². The number of anilines is 1. The zero-order valence-electron chi connectivity index (χ0n) is 11.1. The SMILES string of the molecule is CC(C)(O)c1ccncc1NC(=O)c1ccnc(Cl)c1. The van der Waals surface area contributed by atoms with Crippen LogP contribution >= 0.6 is 11.6 Å². The van der Waals surface area contributed by atoms with Gasteiger partial charge in [0.25, 0.3) is 5.91 Å². The lowest BCUT2D eigenvalue weighted by molar-refractivity contribution is 0.0791. The number of carbonyl (C=O) groups excluding carboxylic acids is 1. The fourth-order valence-electron chi connectivity index (χ4n) is 1.77. The van der Waals surface area contributed by atoms with Crippen molar-refractivity contribution in [3.63, 3.8) is 0 Å². The number of nitrogens with zero attached hydrogens (tertiary/aromatic N) is 2. The third-order valence-electron chi connectivity index (χ3n) is 2.72. The van der Waals surface area contributed by atoms with Gasteiger partial charge in [0.1, 0.15) is 5.15 Å². The molecule has 2 N–H and O–H groups in total. The average molecular weight is 292 g/mol. The van der Waals surface area contributed by atoms with E-state index < -0.39 is 5.60 Å². The number of pyridine rings is 2. The first-order chi connectivity index (χ1) is 9.38. The summed E-state index contributed by atoms with van der Waals surface area (Å²) in [6, 6.07) is 4.69. The summed E-state index contributed by atoms with van der Waals surface area (Å²) in [5.41, 5.74) is 0.344. The Morgan fingerprint density at radius 2 is 2.10 bits per heavy atom. The largest absolute Gasteiger partial charge is 0.386 e. The van der Waals surface area contributed by atoms with E-state index in [1.807, 2.05) is 0 Å². The Kier molecular flexibility index (Phi) is 4.01. The molecule has 0 atom stereocenters. The first-order valence-electron chi connectivity index (χ1n) is 5.97. The van der Waals surface area contributed by atoms with E-state index in [1.54, 1.807) is 32.2 Å². The normalized spacial score (nSPS) is 11.2. The molecule has 1 amide bonds. The first-order valence-corrected chi connectivity index (χ1v) is 6.35. The van der Waals surface area contributed by atoms with Gasteiger partial charge in [-0.15, -0.1) is 0 Å². The number of hydrogen-bond donors (Lipinski definition) is 2. The highest BCUT2D eigenvalue weighted by molar-refractivity contribution is 6.29. The Balaban J connectivity index is 2.29. The van der Waals surface area contributed by atoms with Gasteiger partial charge in [0, 0.05) is 23.5 Å². The number of rotatable bonds is 3. The molecule has 2 aromatic heterocycles. The molecular weight excluding hydrogens is 278 g/mol. The van der Waals surface area contributed by atoms with Crippen molar-refractivity contribution in [2.24, 2.45) is 0 Å². The van der Waals surface area contributed by atoms with E-state index in [2.05, 4.69) is 15.3 Å². The van der Waals surface area contributed by atoms with Crippen LogP contribution in [0.5, 0.6) is 0 Å². The molecule has 0 bridgehead atoms. The van der Waals surface area contributed by atoms with Gasteiger partial charge in [0.15, 0.2) is 0 Å². The summed E-state index contributed by atoms with van der Waals surface area (Å²) in [5.74, 6) is -0.340. The van der Waals surface area contributed by atoms with Gasteiger partial charge in [-0.25, -0.2) is 4.98 Å². The molecule has 2 heterocycles. The molecule has 2 rings (SSSR count). The highest BCUT2D eigenvalue weighted by atomic mass is 35.5. The van der Waals surface area contributed by atoms with Crippen molar-refractivity contribution in [1.82, 2.24) is 9.97 Å². The van der Waals surface area contributed by atoms with Gasteiger partial charge < -0.3 is 10.4 Å². The molecule has 0 saturated heterocycles. The molecule has 0 saturated carbocycles. The van der Waals surface area contributed by atoms with Crippen LogP contribution in [-0.2, 0) is 5.60 Å². The van der Waals surface area contributed by atoms with E-state index in [-0.39, 0.29) is 11.1 Å². The fourth-order valence-corrected chi connectivity index (χ4v) is 1.94. The zero-order valence-corrected chi connectivity index (χ0v) is 11.8. The quantitative estimate of drug-likeness (QED) is 0.853. The maximum Gasteiger partial charge on any atom is 0.255 e. The highest BCUT2D eigenvalue weighted by Crippen LogP contribution is 2.27. The van der Waals surface area contributed by atoms with Crippen LogP contribution in [0.3, 0.4) is 0 Å². The number of carbonyl (C=O) groups is 1. The standard InChI is InChI=1S/C14H14ClN3O2/c1-14(2,20)10-4-5-16-8-11(10)18-13(19)9-3-6-17-12(15)7-9/h3-8,20H,1-2H3,(H,18,19). The van der Waals surface area contributed by atoms with E-state index in [0.717, 1.165) is 0 Å². The third kappa shape index (κ3) is 3.31. The van der Waals surface area contributed by atoms with E-state index in [9.17, 15) is 9.90 Å². The minimum atomic E-state index is -1.08. The van der Waals surface area contributed by atoms with Gasteiger partial charge in [-0.05, 0) is 32.0 Å². The predicted octanol–water partition coefficient (Wildman–Crippen LogP) is 2.61. The molecule has 2 aromatic rings. The second-order valence-corrected chi connectivity index (χ2v) is 5.19. The number of aliphatic hydroxyl groups is 1. The van der Waals surface area contributed by atoms with Crippen molar-refractivity contribution < 1.29 is 9.90 Å². The van der Waals surface area contributed by atoms with Crippen molar-refractivity contribution in [3.8, 4) is 0 Å². The van der Waals surface area contributed by atoms with Gasteiger partial charge in [-0.1, -0.05) is 11.6 Å². The van der Waals surface area contributed by atoms with Crippen LogP contribution in [0.2, 0.25) is 5.15 Å². The molecule has 0 spiro atoms. The summed E-state index contributed by atoms with van der Waals surface area (Å²) in [4.78, 5) is 19.9. The molecule has 5 nitrogen and oxygen atoms in total. The monoisotopic (exact) mass is 291 g/mol. The third-order valence-corrected chi connectivity index (χ3v) is 2.92. The summed E-state index contributed by atoms with van der Waals surface area (Å²) in [7, 11) is 0. The summed E-state index contributed by atoms with van der Waals surface area (Å²) in [6.45, 7) is 3.28. The van der Waals surface area contributed by atoms with Crippen molar-refractivity contribution in [3.05, 3.63) is 53.1 Å². The second-order valence-electron chi connectivity index (χ2n) is 4.80. The molecule has 0 aromatic carbocycles. The summed E-state index contributed by atoms with van der Waals surface area (Å²) in [6.07, 6.45) is 4.51. The van der Waals surface area contributed by atoms with Crippen LogP contribution in [0.4, 0.5) is 5.69 Å². The molecule has 0 aliphatic heterocycles. The van der Waals surface area contributed by atoms with Gasteiger partial charge in [0.05, 0.1) is 17.5 Å². The van der Waals surface area contributed by atoms with Gasteiger partial charge in [-0.3, -0.25) is 9.78 Å². The van der Waals surface area contributed by atoms with Crippen molar-refractivity contribution in [1.29, 1.82) is 0 Å². The molecule has 0 radical (unpaired) electrons. The minimum Gasteiger partial charge on any atom is -0.386 e. The molecule has 0 aliphatic carbocycles. The van der Waals surface area contributed by atoms with Crippen LogP contribution in [0.15, 0.2) is 36.8 Å². The van der Waals surface area contributed by atoms with Gasteiger partial charge >= 0.3 is 0 Å². The van der Waals surface area contributed by atoms with E-state index in [1.165, 1.54) is 18.5 Å². The smallest absolute Gasteiger partial charge is 0.255 e. The Hall–Kier alpha value is -1.98. The molecule has 104 valence electrons. The fraction of sp³-hybridized carbons (Fsp3) is 0.214. The molecule has 0 aliphatic rings. The molecule has 20 heavy (non-hydrogen) atoms. The lowest BCUT2D eigenvalue weighted by Gasteiger charge is -2.21. The van der Waals surface area contributed by atoms with Gasteiger partial charge in [-0.2, -0.15) is 0 Å². The second kappa shape index (κ2) is 5.56. The number of amides is 1. The maximum absolute atomic E-state index is 12.1. The Bertz CT molecular complexity index is 638. The molecular formula is C14H14ClN3O2. The van der Waals surface area contributed by atoms with Crippen molar-refractivity contribution in [2.45, 2.75) is 19.4 Å². The van der Waals surface area contributed by atoms with Gasteiger partial charge in [0.2, 0.25) is 0 Å². The van der Waals surface area contributed by atoms with Crippen molar-refractivity contribution >= 4 is 23.2 Å². The van der Waals surface area contributed by atoms with Crippen LogP contribution in [0, 0.1) is 0 Å². The summed E-state index contributed by atoms with van der Waals surface area (Å²) < 4.78 is 0. The number of hydrogen-bond acceptors (Lipinski definition) is 4. The summed E-state index contributed by atoms with van der Waals surface area (Å²) >= 11 is 5.75. The maximum atomic E-state index is 12.1. The van der Waals surface area contributed by atoms with E-state index in [0.29, 0.717) is 16.8 Å².